The van der Waals surface area contributed by atoms with Gasteiger partial charge in [-0.2, -0.15) is 11.8 Å². The van der Waals surface area contributed by atoms with Crippen LogP contribution in [0.1, 0.15) is 19.3 Å². The van der Waals surface area contributed by atoms with Crippen LogP contribution in [-0.2, 0) is 4.79 Å². The Kier molecular flexibility index (Phi) is 4.89. The van der Waals surface area contributed by atoms with E-state index in [4.69, 9.17) is 0 Å². The summed E-state index contributed by atoms with van der Waals surface area (Å²) in [6.45, 7) is 6.04. The SMILES string of the molecule is CN1CCN(C(=O)CCN2CCSCC2C2CC2)CC1. The van der Waals surface area contributed by atoms with Crippen molar-refractivity contribution in [1.29, 1.82) is 0 Å². The smallest absolute Gasteiger partial charge is 0.223 e. The van der Waals surface area contributed by atoms with E-state index in [0.29, 0.717) is 5.91 Å². The highest BCUT2D eigenvalue weighted by Crippen LogP contribution is 2.38. The minimum absolute atomic E-state index is 0.367. The van der Waals surface area contributed by atoms with Crippen LogP contribution in [0.5, 0.6) is 0 Å². The molecule has 0 aromatic rings. The highest BCUT2D eigenvalue weighted by Gasteiger charge is 2.36. The van der Waals surface area contributed by atoms with E-state index in [-0.39, 0.29) is 0 Å². The van der Waals surface area contributed by atoms with E-state index in [1.54, 1.807) is 0 Å². The van der Waals surface area contributed by atoms with Gasteiger partial charge in [-0.3, -0.25) is 9.69 Å². The lowest BCUT2D eigenvalue weighted by Gasteiger charge is -2.37. The number of carbonyl (C=O) groups excluding carboxylic acids is 1. The molecule has 1 unspecified atom stereocenters. The van der Waals surface area contributed by atoms with Crippen LogP contribution < -0.4 is 0 Å². The van der Waals surface area contributed by atoms with E-state index in [9.17, 15) is 4.79 Å². The first-order chi connectivity index (χ1) is 9.74. The number of nitrogens with zero attached hydrogens (tertiary/aromatic N) is 3. The zero-order chi connectivity index (χ0) is 13.9. The van der Waals surface area contributed by atoms with Gasteiger partial charge in [0.2, 0.25) is 5.91 Å². The van der Waals surface area contributed by atoms with Crippen LogP contribution in [0.15, 0.2) is 0 Å². The third kappa shape index (κ3) is 3.68. The molecule has 5 heteroatoms. The number of thioether (sulfide) groups is 1. The Labute approximate surface area is 126 Å². The molecule has 1 atom stereocenters. The van der Waals surface area contributed by atoms with Gasteiger partial charge in [0.1, 0.15) is 0 Å². The summed E-state index contributed by atoms with van der Waals surface area (Å²) in [5.74, 6) is 3.83. The van der Waals surface area contributed by atoms with Crippen LogP contribution in [0, 0.1) is 5.92 Å². The van der Waals surface area contributed by atoms with E-state index in [0.717, 1.165) is 51.1 Å². The number of hydrogen-bond acceptors (Lipinski definition) is 4. The molecule has 1 aliphatic carbocycles. The number of carbonyl (C=O) groups is 1. The Morgan fingerprint density at radius 2 is 1.90 bits per heavy atom. The van der Waals surface area contributed by atoms with Crippen molar-refractivity contribution in [3.05, 3.63) is 0 Å². The van der Waals surface area contributed by atoms with Gasteiger partial charge in [-0.25, -0.2) is 0 Å². The average molecular weight is 297 g/mol. The normalized spacial score (nSPS) is 29.6. The fraction of sp³-hybridized carbons (Fsp3) is 0.933. The average Bonchev–Trinajstić information content (AvgIpc) is 3.30. The van der Waals surface area contributed by atoms with E-state index in [1.165, 1.54) is 30.9 Å². The molecule has 114 valence electrons. The lowest BCUT2D eigenvalue weighted by atomic mass is 10.1. The summed E-state index contributed by atoms with van der Waals surface area (Å²) >= 11 is 2.10. The van der Waals surface area contributed by atoms with Gasteiger partial charge in [-0.15, -0.1) is 0 Å². The highest BCUT2D eigenvalue weighted by atomic mass is 32.2. The molecule has 3 aliphatic rings. The summed E-state index contributed by atoms with van der Waals surface area (Å²) in [5, 5.41) is 0. The van der Waals surface area contributed by atoms with Crippen LogP contribution in [0.3, 0.4) is 0 Å². The van der Waals surface area contributed by atoms with Crippen molar-refractivity contribution in [3.63, 3.8) is 0 Å². The molecule has 0 aromatic heterocycles. The maximum atomic E-state index is 12.3. The second-order valence-corrected chi connectivity index (χ2v) is 7.60. The molecule has 0 aromatic carbocycles. The molecular weight excluding hydrogens is 270 g/mol. The fourth-order valence-electron chi connectivity index (χ4n) is 3.30. The van der Waals surface area contributed by atoms with Crippen LogP contribution in [0.4, 0.5) is 0 Å². The zero-order valence-electron chi connectivity index (χ0n) is 12.6. The summed E-state index contributed by atoms with van der Waals surface area (Å²) < 4.78 is 0. The Morgan fingerprint density at radius 1 is 1.15 bits per heavy atom. The first-order valence-electron chi connectivity index (χ1n) is 8.02. The predicted octanol–water partition coefficient (Wildman–Crippen LogP) is 0.978. The molecule has 1 saturated carbocycles. The van der Waals surface area contributed by atoms with Crippen molar-refractivity contribution in [2.24, 2.45) is 5.92 Å². The van der Waals surface area contributed by atoms with Gasteiger partial charge in [0.05, 0.1) is 0 Å². The number of amides is 1. The van der Waals surface area contributed by atoms with Gasteiger partial charge in [0.15, 0.2) is 0 Å². The first-order valence-corrected chi connectivity index (χ1v) is 9.17. The van der Waals surface area contributed by atoms with E-state index < -0.39 is 0 Å². The van der Waals surface area contributed by atoms with E-state index in [1.807, 2.05) is 0 Å². The van der Waals surface area contributed by atoms with Crippen molar-refractivity contribution in [2.45, 2.75) is 25.3 Å². The largest absolute Gasteiger partial charge is 0.340 e. The van der Waals surface area contributed by atoms with Gasteiger partial charge >= 0.3 is 0 Å². The molecule has 4 nitrogen and oxygen atoms in total. The first kappa shape index (κ1) is 14.7. The molecule has 20 heavy (non-hydrogen) atoms. The Bertz CT molecular complexity index is 340. The summed E-state index contributed by atoms with van der Waals surface area (Å²) in [5.41, 5.74) is 0. The minimum Gasteiger partial charge on any atom is -0.340 e. The van der Waals surface area contributed by atoms with Crippen molar-refractivity contribution >= 4 is 17.7 Å². The molecular formula is C15H27N3OS. The molecule has 2 aliphatic heterocycles. The summed E-state index contributed by atoms with van der Waals surface area (Å²) in [6.07, 6.45) is 3.54. The Morgan fingerprint density at radius 3 is 2.60 bits per heavy atom. The zero-order valence-corrected chi connectivity index (χ0v) is 13.4. The summed E-state index contributed by atoms with van der Waals surface area (Å²) in [6, 6.07) is 0.758. The number of rotatable bonds is 4. The molecule has 2 saturated heterocycles. The molecule has 2 heterocycles. The maximum absolute atomic E-state index is 12.3. The van der Waals surface area contributed by atoms with Crippen LogP contribution in [0.25, 0.3) is 0 Å². The van der Waals surface area contributed by atoms with E-state index >= 15 is 0 Å². The molecule has 3 fully saturated rings. The summed E-state index contributed by atoms with van der Waals surface area (Å²) in [7, 11) is 2.13. The summed E-state index contributed by atoms with van der Waals surface area (Å²) in [4.78, 5) is 19.3. The van der Waals surface area contributed by atoms with Gasteiger partial charge in [0.25, 0.3) is 0 Å². The Balaban J connectivity index is 1.44. The second kappa shape index (κ2) is 6.67. The van der Waals surface area contributed by atoms with Crippen LogP contribution >= 0.6 is 11.8 Å². The second-order valence-electron chi connectivity index (χ2n) is 6.45. The third-order valence-electron chi connectivity index (χ3n) is 4.92. The maximum Gasteiger partial charge on any atom is 0.223 e. The fourth-order valence-corrected chi connectivity index (χ4v) is 4.56. The minimum atomic E-state index is 0.367. The van der Waals surface area contributed by atoms with Gasteiger partial charge in [-0.05, 0) is 25.8 Å². The van der Waals surface area contributed by atoms with Crippen LogP contribution in [0.2, 0.25) is 0 Å². The van der Waals surface area contributed by atoms with Crippen molar-refractivity contribution in [1.82, 2.24) is 14.7 Å². The van der Waals surface area contributed by atoms with Crippen LogP contribution in [-0.4, -0.2) is 84.5 Å². The quantitative estimate of drug-likeness (QED) is 0.773. The van der Waals surface area contributed by atoms with Crippen molar-refractivity contribution in [2.75, 3.05) is 57.8 Å². The lowest BCUT2D eigenvalue weighted by Crippen LogP contribution is -2.49. The molecule has 0 spiro atoms. The Hall–Kier alpha value is -0.260. The lowest BCUT2D eigenvalue weighted by molar-refractivity contribution is -0.133. The van der Waals surface area contributed by atoms with Gasteiger partial charge < -0.3 is 9.80 Å². The number of piperazine rings is 1. The van der Waals surface area contributed by atoms with E-state index in [2.05, 4.69) is 33.5 Å². The predicted molar refractivity (Wildman–Crippen MR) is 84.1 cm³/mol. The van der Waals surface area contributed by atoms with Crippen molar-refractivity contribution < 1.29 is 4.79 Å². The van der Waals surface area contributed by atoms with Gasteiger partial charge in [0, 0.05) is 63.2 Å². The topological polar surface area (TPSA) is 26.8 Å². The highest BCUT2D eigenvalue weighted by molar-refractivity contribution is 7.99. The standard InChI is InChI=1S/C15H27N3OS/c1-16-6-8-18(9-7-16)15(19)4-5-17-10-11-20-12-14(17)13-2-3-13/h13-14H,2-12H2,1H3. The van der Waals surface area contributed by atoms with Gasteiger partial charge in [-0.1, -0.05) is 0 Å². The third-order valence-corrected chi connectivity index (χ3v) is 5.96. The monoisotopic (exact) mass is 297 g/mol. The molecule has 3 rings (SSSR count). The number of likely N-dealkylation sites (N-methyl/N-ethyl adjacent to an activating group) is 1. The molecule has 0 bridgehead atoms. The molecule has 0 radical (unpaired) electrons. The van der Waals surface area contributed by atoms with Crippen molar-refractivity contribution in [3.8, 4) is 0 Å². The molecule has 0 N–H and O–H groups in total. The molecule has 1 amide bonds. The number of hydrogen-bond donors (Lipinski definition) is 0.